The zero-order valence-electron chi connectivity index (χ0n) is 16.2. The topological polar surface area (TPSA) is 177 Å². The maximum absolute atomic E-state index is 12.2. The van der Waals surface area contributed by atoms with Gasteiger partial charge in [0.15, 0.2) is 5.96 Å². The summed E-state index contributed by atoms with van der Waals surface area (Å²) in [5, 5.41) is 11.7. The van der Waals surface area contributed by atoms with Crippen molar-refractivity contribution < 1.29 is 23.1 Å². The minimum atomic E-state index is -4.00. The molecule has 0 heterocycles. The van der Waals surface area contributed by atoms with Crippen molar-refractivity contribution in [1.82, 2.24) is 10.0 Å². The molecule has 7 N–H and O–H groups in total. The number of carboxylic acids is 1. The van der Waals surface area contributed by atoms with Crippen LogP contribution in [0.2, 0.25) is 0 Å². The molecule has 1 aromatic rings. The first kappa shape index (κ1) is 24.4. The molecule has 0 aliphatic rings. The minimum absolute atomic E-state index is 0.0441. The van der Waals surface area contributed by atoms with Crippen LogP contribution >= 0.6 is 0 Å². The molecule has 0 aromatic heterocycles. The number of rotatable bonds is 14. The summed E-state index contributed by atoms with van der Waals surface area (Å²) < 4.78 is 26.6. The Labute approximate surface area is 170 Å². The van der Waals surface area contributed by atoms with E-state index in [4.69, 9.17) is 11.5 Å². The number of unbranched alkanes of at least 4 members (excludes halogenated alkanes) is 4. The first-order valence-corrected chi connectivity index (χ1v) is 10.8. The standard InChI is InChI=1S/C18H29N5O5S/c19-18(20)21-12-8-3-1-2-7-11-16(24)22-13-15(17(25)26)23-29(27,28)14-9-5-4-6-10-14/h4-6,9-10,15,23H,1-3,7-8,11-13H2,(H,22,24)(H,25,26)(H4,19,20,21)/t15-/m0/s1. The van der Waals surface area contributed by atoms with Crippen molar-refractivity contribution in [3.63, 3.8) is 0 Å². The molecule has 0 fully saturated rings. The van der Waals surface area contributed by atoms with E-state index in [0.717, 1.165) is 25.7 Å². The number of nitrogens with zero attached hydrogens (tertiary/aromatic N) is 1. The number of hydrogen-bond acceptors (Lipinski definition) is 5. The van der Waals surface area contributed by atoms with Crippen LogP contribution in [0.4, 0.5) is 0 Å². The number of carboxylic acid groups (broad SMARTS) is 1. The Bertz CT molecular complexity index is 779. The maximum atomic E-state index is 12.2. The molecule has 0 spiro atoms. The minimum Gasteiger partial charge on any atom is -0.480 e. The number of nitrogens with two attached hydrogens (primary N) is 2. The van der Waals surface area contributed by atoms with Gasteiger partial charge >= 0.3 is 5.97 Å². The fourth-order valence-electron chi connectivity index (χ4n) is 2.47. The molecule has 0 radical (unpaired) electrons. The van der Waals surface area contributed by atoms with Crippen LogP contribution in [-0.4, -0.2) is 50.5 Å². The van der Waals surface area contributed by atoms with E-state index >= 15 is 0 Å². The lowest BCUT2D eigenvalue weighted by atomic mass is 10.1. The van der Waals surface area contributed by atoms with Crippen molar-refractivity contribution in [1.29, 1.82) is 0 Å². The third kappa shape index (κ3) is 10.5. The van der Waals surface area contributed by atoms with Crippen LogP contribution in [-0.2, 0) is 19.6 Å². The van der Waals surface area contributed by atoms with E-state index < -0.39 is 22.0 Å². The highest BCUT2D eigenvalue weighted by atomic mass is 32.2. The van der Waals surface area contributed by atoms with E-state index in [1.807, 2.05) is 0 Å². The number of aliphatic imine (C=N–C) groups is 1. The normalized spacial score (nSPS) is 12.1. The van der Waals surface area contributed by atoms with Crippen LogP contribution < -0.4 is 21.5 Å². The van der Waals surface area contributed by atoms with Crippen molar-refractivity contribution in [2.45, 2.75) is 49.5 Å². The summed E-state index contributed by atoms with van der Waals surface area (Å²) in [7, 11) is -4.00. The van der Waals surface area contributed by atoms with Crippen molar-refractivity contribution in [3.05, 3.63) is 30.3 Å². The van der Waals surface area contributed by atoms with Crippen LogP contribution in [0.25, 0.3) is 0 Å². The first-order chi connectivity index (χ1) is 13.7. The van der Waals surface area contributed by atoms with Crippen LogP contribution in [0.1, 0.15) is 38.5 Å². The number of sulfonamides is 1. The molecule has 11 heteroatoms. The molecule has 0 saturated heterocycles. The SMILES string of the molecule is NC(N)=NCCCCCCCC(=O)NC[C@H](NS(=O)(=O)c1ccccc1)C(=O)O. The lowest BCUT2D eigenvalue weighted by Crippen LogP contribution is -2.48. The monoisotopic (exact) mass is 427 g/mol. The zero-order valence-corrected chi connectivity index (χ0v) is 17.0. The largest absolute Gasteiger partial charge is 0.480 e. The summed E-state index contributed by atoms with van der Waals surface area (Å²) in [4.78, 5) is 27.1. The van der Waals surface area contributed by atoms with Gasteiger partial charge < -0.3 is 21.9 Å². The quantitative estimate of drug-likeness (QED) is 0.159. The average molecular weight is 428 g/mol. The highest BCUT2D eigenvalue weighted by Crippen LogP contribution is 2.08. The summed E-state index contributed by atoms with van der Waals surface area (Å²) >= 11 is 0. The number of carbonyl (C=O) groups excluding carboxylic acids is 1. The van der Waals surface area contributed by atoms with E-state index in [0.29, 0.717) is 13.0 Å². The molecule has 10 nitrogen and oxygen atoms in total. The van der Waals surface area contributed by atoms with E-state index in [1.54, 1.807) is 6.07 Å². The fourth-order valence-corrected chi connectivity index (χ4v) is 3.68. The Morgan fingerprint density at radius 1 is 1.03 bits per heavy atom. The second-order valence-electron chi connectivity index (χ2n) is 6.45. The van der Waals surface area contributed by atoms with Gasteiger partial charge in [-0.05, 0) is 25.0 Å². The van der Waals surface area contributed by atoms with Gasteiger partial charge in [0.25, 0.3) is 0 Å². The molecular weight excluding hydrogens is 398 g/mol. The van der Waals surface area contributed by atoms with Crippen LogP contribution in [0.5, 0.6) is 0 Å². The number of guanidine groups is 1. The van der Waals surface area contributed by atoms with Gasteiger partial charge in [-0.1, -0.05) is 37.5 Å². The first-order valence-electron chi connectivity index (χ1n) is 9.34. The molecule has 0 aliphatic heterocycles. The van der Waals surface area contributed by atoms with Crippen molar-refractivity contribution >= 4 is 27.9 Å². The Kier molecular flexibility index (Phi) is 10.7. The van der Waals surface area contributed by atoms with Crippen molar-refractivity contribution in [2.24, 2.45) is 16.5 Å². The van der Waals surface area contributed by atoms with E-state index in [1.165, 1.54) is 24.3 Å². The maximum Gasteiger partial charge on any atom is 0.323 e. The van der Waals surface area contributed by atoms with Gasteiger partial charge in [0.1, 0.15) is 6.04 Å². The van der Waals surface area contributed by atoms with E-state index in [2.05, 4.69) is 15.0 Å². The molecule has 162 valence electrons. The molecule has 1 atom stereocenters. The second kappa shape index (κ2) is 12.7. The smallest absolute Gasteiger partial charge is 0.323 e. The molecule has 0 bridgehead atoms. The van der Waals surface area contributed by atoms with E-state index in [9.17, 15) is 23.1 Å². The number of nitrogens with one attached hydrogen (secondary N) is 2. The van der Waals surface area contributed by atoms with Crippen molar-refractivity contribution in [3.8, 4) is 0 Å². The fraction of sp³-hybridized carbons (Fsp3) is 0.500. The van der Waals surface area contributed by atoms with Crippen LogP contribution in [0.15, 0.2) is 40.2 Å². The van der Waals surface area contributed by atoms with Gasteiger partial charge in [0, 0.05) is 19.5 Å². The Hall–Kier alpha value is -2.66. The highest BCUT2D eigenvalue weighted by Gasteiger charge is 2.25. The predicted octanol–water partition coefficient (Wildman–Crippen LogP) is 0.148. The molecule has 29 heavy (non-hydrogen) atoms. The summed E-state index contributed by atoms with van der Waals surface area (Å²) in [5.41, 5.74) is 10.5. The molecule has 1 aromatic carbocycles. The average Bonchev–Trinajstić information content (AvgIpc) is 2.67. The summed E-state index contributed by atoms with van der Waals surface area (Å²) in [5.74, 6) is -1.62. The van der Waals surface area contributed by atoms with Gasteiger partial charge in [0.05, 0.1) is 4.90 Å². The summed E-state index contributed by atoms with van der Waals surface area (Å²) in [6.45, 7) is 0.247. The zero-order chi connectivity index (χ0) is 21.7. The lowest BCUT2D eigenvalue weighted by Gasteiger charge is -2.15. The molecule has 0 saturated carbocycles. The third-order valence-electron chi connectivity index (χ3n) is 4.01. The van der Waals surface area contributed by atoms with Crippen molar-refractivity contribution in [2.75, 3.05) is 13.1 Å². The number of carbonyl (C=O) groups is 2. The number of aliphatic carboxylic acids is 1. The number of benzene rings is 1. The molecule has 0 aliphatic carbocycles. The Balaban J connectivity index is 2.32. The molecule has 0 unspecified atom stereocenters. The summed E-state index contributed by atoms with van der Waals surface area (Å²) in [6.07, 6.45) is 4.49. The predicted molar refractivity (Wildman–Crippen MR) is 110 cm³/mol. The van der Waals surface area contributed by atoms with Gasteiger partial charge in [-0.25, -0.2) is 8.42 Å². The Morgan fingerprint density at radius 2 is 1.66 bits per heavy atom. The highest BCUT2D eigenvalue weighted by molar-refractivity contribution is 7.89. The van der Waals surface area contributed by atoms with E-state index in [-0.39, 0.29) is 29.7 Å². The number of amides is 1. The van der Waals surface area contributed by atoms with Gasteiger partial charge in [-0.15, -0.1) is 0 Å². The van der Waals surface area contributed by atoms with Crippen LogP contribution in [0, 0.1) is 0 Å². The lowest BCUT2D eigenvalue weighted by molar-refractivity contribution is -0.138. The molecule has 1 rings (SSSR count). The Morgan fingerprint density at radius 3 is 2.28 bits per heavy atom. The number of hydrogen-bond donors (Lipinski definition) is 5. The van der Waals surface area contributed by atoms with Gasteiger partial charge in [-0.3, -0.25) is 14.6 Å². The third-order valence-corrected chi connectivity index (χ3v) is 5.50. The van der Waals surface area contributed by atoms with Gasteiger partial charge in [0.2, 0.25) is 15.9 Å². The molecular formula is C18H29N5O5S. The summed E-state index contributed by atoms with van der Waals surface area (Å²) in [6, 6.07) is 5.98. The molecule has 1 amide bonds. The van der Waals surface area contributed by atoms with Gasteiger partial charge in [-0.2, -0.15) is 4.72 Å². The van der Waals surface area contributed by atoms with Crippen LogP contribution in [0.3, 0.4) is 0 Å². The second-order valence-corrected chi connectivity index (χ2v) is 8.17.